The highest BCUT2D eigenvalue weighted by Gasteiger charge is 2.33. The molecule has 1 aliphatic heterocycles. The maximum absolute atomic E-state index is 13.4. The smallest absolute Gasteiger partial charge is 0.255 e. The minimum atomic E-state index is -0.451. The molecule has 7 nitrogen and oxygen atoms in total. The Morgan fingerprint density at radius 2 is 1.79 bits per heavy atom. The number of nitrogens with one attached hydrogen (secondary N) is 2. The number of nitrogens with zero attached hydrogens (tertiary/aromatic N) is 3. The van der Waals surface area contributed by atoms with E-state index in [1.54, 1.807) is 4.68 Å². The number of ether oxygens (including phenoxy) is 1. The Kier molecular flexibility index (Phi) is 5.59. The number of hydrogen-bond acceptors (Lipinski definition) is 5. The SMILES string of the molecule is CC1=C(C(=O)Nc2ccccc2)[C@@H](c2cccc(OCc3ccccc3)c2)n2ncnc2N1. The van der Waals surface area contributed by atoms with Gasteiger partial charge in [0.05, 0.1) is 5.57 Å². The van der Waals surface area contributed by atoms with Crippen LogP contribution in [0.5, 0.6) is 5.75 Å². The Morgan fingerprint density at radius 3 is 2.58 bits per heavy atom. The van der Waals surface area contributed by atoms with Gasteiger partial charge in [0.15, 0.2) is 0 Å². The van der Waals surface area contributed by atoms with E-state index in [9.17, 15) is 4.79 Å². The molecule has 2 heterocycles. The van der Waals surface area contributed by atoms with Gasteiger partial charge in [-0.2, -0.15) is 10.1 Å². The molecule has 0 saturated heterocycles. The number of anilines is 2. The van der Waals surface area contributed by atoms with Crippen LogP contribution in [0, 0.1) is 0 Å². The molecule has 0 bridgehead atoms. The van der Waals surface area contributed by atoms with E-state index in [1.165, 1.54) is 6.33 Å². The molecule has 164 valence electrons. The van der Waals surface area contributed by atoms with Gasteiger partial charge in [0.1, 0.15) is 24.7 Å². The van der Waals surface area contributed by atoms with Gasteiger partial charge in [-0.05, 0) is 42.3 Å². The zero-order valence-corrected chi connectivity index (χ0v) is 18.1. The minimum absolute atomic E-state index is 0.201. The lowest BCUT2D eigenvalue weighted by atomic mass is 9.95. The zero-order chi connectivity index (χ0) is 22.6. The second kappa shape index (κ2) is 9.00. The first-order valence-corrected chi connectivity index (χ1v) is 10.7. The van der Waals surface area contributed by atoms with E-state index in [-0.39, 0.29) is 5.91 Å². The molecule has 0 saturated carbocycles. The summed E-state index contributed by atoms with van der Waals surface area (Å²) < 4.78 is 7.76. The summed E-state index contributed by atoms with van der Waals surface area (Å²) in [4.78, 5) is 17.7. The maximum atomic E-state index is 13.4. The third kappa shape index (κ3) is 4.34. The van der Waals surface area contributed by atoms with Crippen molar-refractivity contribution < 1.29 is 9.53 Å². The molecule has 0 radical (unpaired) electrons. The summed E-state index contributed by atoms with van der Waals surface area (Å²) >= 11 is 0. The molecule has 3 aromatic carbocycles. The number of benzene rings is 3. The van der Waals surface area contributed by atoms with Gasteiger partial charge >= 0.3 is 0 Å². The predicted octanol–water partition coefficient (Wildman–Crippen LogP) is 4.78. The van der Waals surface area contributed by atoms with Crippen LogP contribution >= 0.6 is 0 Å². The van der Waals surface area contributed by atoms with Gasteiger partial charge in [0.2, 0.25) is 5.95 Å². The zero-order valence-electron chi connectivity index (χ0n) is 18.1. The summed E-state index contributed by atoms with van der Waals surface area (Å²) in [6, 6.07) is 26.7. The number of rotatable bonds is 6. The molecule has 1 aliphatic rings. The van der Waals surface area contributed by atoms with Crippen LogP contribution in [0.2, 0.25) is 0 Å². The van der Waals surface area contributed by atoms with E-state index in [4.69, 9.17) is 4.74 Å². The highest BCUT2D eigenvalue weighted by Crippen LogP contribution is 2.36. The maximum Gasteiger partial charge on any atom is 0.255 e. The molecule has 0 fully saturated rings. The molecule has 7 heteroatoms. The molecule has 0 aliphatic carbocycles. The van der Waals surface area contributed by atoms with Gasteiger partial charge in [-0.25, -0.2) is 4.68 Å². The number of allylic oxidation sites excluding steroid dienone is 1. The van der Waals surface area contributed by atoms with Crippen molar-refractivity contribution >= 4 is 17.5 Å². The van der Waals surface area contributed by atoms with Gasteiger partial charge in [-0.3, -0.25) is 4.79 Å². The fourth-order valence-electron chi connectivity index (χ4n) is 3.93. The summed E-state index contributed by atoms with van der Waals surface area (Å²) in [6.45, 7) is 2.34. The quantitative estimate of drug-likeness (QED) is 0.454. The summed E-state index contributed by atoms with van der Waals surface area (Å²) in [6.07, 6.45) is 1.48. The normalized spacial score (nSPS) is 14.9. The number of carbonyl (C=O) groups is 1. The van der Waals surface area contributed by atoms with Crippen molar-refractivity contribution in [3.63, 3.8) is 0 Å². The number of hydrogen-bond donors (Lipinski definition) is 2. The van der Waals surface area contributed by atoms with Gasteiger partial charge < -0.3 is 15.4 Å². The average Bonchev–Trinajstić information content (AvgIpc) is 3.31. The molecule has 1 atom stereocenters. The van der Waals surface area contributed by atoms with Crippen molar-refractivity contribution in [1.82, 2.24) is 14.8 Å². The van der Waals surface area contributed by atoms with Gasteiger partial charge in [-0.15, -0.1) is 0 Å². The fourth-order valence-corrected chi connectivity index (χ4v) is 3.93. The Labute approximate surface area is 191 Å². The average molecular weight is 438 g/mol. The van der Waals surface area contributed by atoms with Crippen LogP contribution in [0.3, 0.4) is 0 Å². The molecular formula is C26H23N5O2. The lowest BCUT2D eigenvalue weighted by Crippen LogP contribution is -2.31. The molecule has 0 spiro atoms. The Bertz CT molecular complexity index is 1300. The summed E-state index contributed by atoms with van der Waals surface area (Å²) in [5, 5.41) is 10.6. The number of para-hydroxylation sites is 1. The predicted molar refractivity (Wildman–Crippen MR) is 127 cm³/mol. The van der Waals surface area contributed by atoms with Crippen molar-refractivity contribution in [2.45, 2.75) is 19.6 Å². The van der Waals surface area contributed by atoms with E-state index in [2.05, 4.69) is 20.7 Å². The van der Waals surface area contributed by atoms with Crippen LogP contribution in [0.15, 0.2) is 103 Å². The fraction of sp³-hybridized carbons (Fsp3) is 0.115. The Hall–Kier alpha value is -4.39. The Balaban J connectivity index is 1.47. The van der Waals surface area contributed by atoms with E-state index >= 15 is 0 Å². The van der Waals surface area contributed by atoms with Gasteiger partial charge in [-0.1, -0.05) is 60.7 Å². The van der Waals surface area contributed by atoms with E-state index in [1.807, 2.05) is 91.9 Å². The minimum Gasteiger partial charge on any atom is -0.489 e. The van der Waals surface area contributed by atoms with E-state index in [0.29, 0.717) is 18.1 Å². The highest BCUT2D eigenvalue weighted by atomic mass is 16.5. The molecule has 2 N–H and O–H groups in total. The van der Waals surface area contributed by atoms with Crippen LogP contribution in [0.4, 0.5) is 11.6 Å². The van der Waals surface area contributed by atoms with Crippen LogP contribution in [0.1, 0.15) is 24.1 Å². The summed E-state index contributed by atoms with van der Waals surface area (Å²) in [7, 11) is 0. The number of carbonyl (C=O) groups excluding carboxylic acids is 1. The number of aromatic nitrogens is 3. The van der Waals surface area contributed by atoms with E-state index < -0.39 is 6.04 Å². The van der Waals surface area contributed by atoms with E-state index in [0.717, 1.165) is 28.3 Å². The first-order valence-electron chi connectivity index (χ1n) is 10.7. The van der Waals surface area contributed by atoms with Crippen LogP contribution < -0.4 is 15.4 Å². The van der Waals surface area contributed by atoms with Crippen molar-refractivity contribution in [3.8, 4) is 5.75 Å². The third-order valence-electron chi connectivity index (χ3n) is 5.49. The molecule has 1 aromatic heterocycles. The highest BCUT2D eigenvalue weighted by molar-refractivity contribution is 6.06. The monoisotopic (exact) mass is 437 g/mol. The van der Waals surface area contributed by atoms with Gasteiger partial charge in [0.25, 0.3) is 5.91 Å². The molecule has 1 amide bonds. The Morgan fingerprint density at radius 1 is 1.03 bits per heavy atom. The van der Waals surface area contributed by atoms with Crippen LogP contribution in [-0.4, -0.2) is 20.7 Å². The third-order valence-corrected chi connectivity index (χ3v) is 5.49. The summed E-state index contributed by atoms with van der Waals surface area (Å²) in [5.74, 6) is 1.11. The van der Waals surface area contributed by atoms with Crippen molar-refractivity contribution in [2.75, 3.05) is 10.6 Å². The number of amides is 1. The van der Waals surface area contributed by atoms with Gasteiger partial charge in [0, 0.05) is 11.4 Å². The lowest BCUT2D eigenvalue weighted by Gasteiger charge is -2.29. The molecule has 5 rings (SSSR count). The largest absolute Gasteiger partial charge is 0.489 e. The lowest BCUT2D eigenvalue weighted by molar-refractivity contribution is -0.113. The van der Waals surface area contributed by atoms with Crippen LogP contribution in [0.25, 0.3) is 0 Å². The van der Waals surface area contributed by atoms with Crippen LogP contribution in [-0.2, 0) is 11.4 Å². The topological polar surface area (TPSA) is 81.1 Å². The number of fused-ring (bicyclic) bond motifs is 1. The second-order valence-electron chi connectivity index (χ2n) is 7.76. The van der Waals surface area contributed by atoms with Crippen molar-refractivity contribution in [1.29, 1.82) is 0 Å². The standard InChI is InChI=1S/C26H23N5O2/c1-18-23(25(32)30-21-12-6-3-7-13-21)24(31-26(29-18)27-17-28-31)20-11-8-14-22(15-20)33-16-19-9-4-2-5-10-19/h2-15,17,24H,16H2,1H3,(H,30,32)(H,27,28,29)/t24-/m1/s1. The summed E-state index contributed by atoms with van der Waals surface area (Å²) in [5.41, 5.74) is 3.99. The molecule has 0 unspecified atom stereocenters. The van der Waals surface area contributed by atoms with Crippen molar-refractivity contribution in [3.05, 3.63) is 114 Å². The molecular weight excluding hydrogens is 414 g/mol. The first-order chi connectivity index (χ1) is 16.2. The second-order valence-corrected chi connectivity index (χ2v) is 7.76. The van der Waals surface area contributed by atoms with Crippen molar-refractivity contribution in [2.24, 2.45) is 0 Å². The molecule has 4 aromatic rings. The first kappa shape index (κ1) is 20.5. The molecule has 33 heavy (non-hydrogen) atoms.